The van der Waals surface area contributed by atoms with Gasteiger partial charge in [-0.1, -0.05) is 6.92 Å². The summed E-state index contributed by atoms with van der Waals surface area (Å²) < 4.78 is 4.52. The van der Waals surface area contributed by atoms with Gasteiger partial charge in [-0.15, -0.1) is 0 Å². The van der Waals surface area contributed by atoms with E-state index in [-0.39, 0.29) is 18.8 Å². The van der Waals surface area contributed by atoms with Gasteiger partial charge in [0, 0.05) is 19.5 Å². The summed E-state index contributed by atoms with van der Waals surface area (Å²) in [6.45, 7) is 3.61. The minimum Gasteiger partial charge on any atom is -0.469 e. The van der Waals surface area contributed by atoms with E-state index < -0.39 is 11.9 Å². The van der Waals surface area contributed by atoms with Crippen LogP contribution in [0.15, 0.2) is 0 Å². The fourth-order valence-corrected chi connectivity index (χ4v) is 1.24. The molecule has 0 aromatic carbocycles. The number of amides is 3. The second kappa shape index (κ2) is 8.51. The molecule has 0 spiro atoms. The van der Waals surface area contributed by atoms with Gasteiger partial charge in [-0.25, -0.2) is 4.79 Å². The Kier molecular flexibility index (Phi) is 7.70. The molecule has 0 bridgehead atoms. The first kappa shape index (κ1) is 15.4. The molecule has 0 aromatic heterocycles. The quantitative estimate of drug-likeness (QED) is 0.586. The maximum Gasteiger partial charge on any atom is 0.318 e. The molecule has 0 aliphatic carbocycles. The van der Waals surface area contributed by atoms with Gasteiger partial charge >= 0.3 is 12.0 Å². The van der Waals surface area contributed by atoms with Crippen LogP contribution in [-0.2, 0) is 14.3 Å². The van der Waals surface area contributed by atoms with E-state index in [1.54, 1.807) is 0 Å². The van der Waals surface area contributed by atoms with Crippen molar-refractivity contribution in [1.29, 1.82) is 0 Å². The Morgan fingerprint density at radius 3 is 2.29 bits per heavy atom. The first-order valence-corrected chi connectivity index (χ1v) is 5.38. The third-order valence-corrected chi connectivity index (χ3v) is 2.22. The van der Waals surface area contributed by atoms with Crippen LogP contribution in [0.4, 0.5) is 4.79 Å². The highest BCUT2D eigenvalue weighted by atomic mass is 16.5. The summed E-state index contributed by atoms with van der Waals surface area (Å²) in [6, 6.07) is -0.854. The van der Waals surface area contributed by atoms with E-state index in [1.807, 2.05) is 17.1 Å². The Labute approximate surface area is 100 Å². The number of methoxy groups -OCH3 is 1. The second-order valence-electron chi connectivity index (χ2n) is 3.42. The van der Waals surface area contributed by atoms with E-state index in [1.165, 1.54) is 7.11 Å². The van der Waals surface area contributed by atoms with Gasteiger partial charge in [-0.05, 0) is 6.54 Å². The Bertz CT molecular complexity index is 281. The first-order chi connectivity index (χ1) is 7.99. The number of carbonyl (C=O) groups is 3. The Morgan fingerprint density at radius 1 is 1.24 bits per heavy atom. The van der Waals surface area contributed by atoms with Crippen LogP contribution in [0.2, 0.25) is 0 Å². The molecule has 0 atom stereocenters. The lowest BCUT2D eigenvalue weighted by atomic mass is 10.3. The molecule has 0 radical (unpaired) electrons. The van der Waals surface area contributed by atoms with Crippen molar-refractivity contribution < 1.29 is 19.1 Å². The average Bonchev–Trinajstić information content (AvgIpc) is 2.27. The zero-order valence-electron chi connectivity index (χ0n) is 10.2. The predicted octanol–water partition coefficient (Wildman–Crippen LogP) is -0.544. The summed E-state index contributed by atoms with van der Waals surface area (Å²) in [7, 11) is 1.33. The van der Waals surface area contributed by atoms with Crippen molar-refractivity contribution in [2.24, 2.45) is 5.73 Å². The molecule has 17 heavy (non-hydrogen) atoms. The van der Waals surface area contributed by atoms with Crippen molar-refractivity contribution in [3.05, 3.63) is 0 Å². The second-order valence-corrected chi connectivity index (χ2v) is 3.42. The molecule has 3 N–H and O–H groups in total. The summed E-state index contributed by atoms with van der Waals surface area (Å²) in [4.78, 5) is 34.4. The molecule has 0 rings (SSSR count). The van der Waals surface area contributed by atoms with E-state index in [0.717, 1.165) is 0 Å². The Hall–Kier alpha value is -1.63. The van der Waals surface area contributed by atoms with Crippen molar-refractivity contribution in [2.45, 2.75) is 19.8 Å². The first-order valence-electron chi connectivity index (χ1n) is 5.38. The van der Waals surface area contributed by atoms with E-state index >= 15 is 0 Å². The van der Waals surface area contributed by atoms with Gasteiger partial charge in [0.05, 0.1) is 13.5 Å². The van der Waals surface area contributed by atoms with Crippen LogP contribution in [-0.4, -0.2) is 49.6 Å². The van der Waals surface area contributed by atoms with Crippen LogP contribution in [0.5, 0.6) is 0 Å². The van der Waals surface area contributed by atoms with Gasteiger partial charge in [0.15, 0.2) is 0 Å². The van der Waals surface area contributed by atoms with Crippen molar-refractivity contribution in [3.63, 3.8) is 0 Å². The topological polar surface area (TPSA) is 102 Å². The van der Waals surface area contributed by atoms with Crippen LogP contribution in [0, 0.1) is 0 Å². The number of primary amides is 1. The largest absolute Gasteiger partial charge is 0.469 e. The highest BCUT2D eigenvalue weighted by Crippen LogP contribution is 1.95. The van der Waals surface area contributed by atoms with E-state index in [4.69, 9.17) is 5.73 Å². The van der Waals surface area contributed by atoms with Gasteiger partial charge in [-0.2, -0.15) is 0 Å². The number of rotatable bonds is 7. The van der Waals surface area contributed by atoms with Crippen LogP contribution >= 0.6 is 0 Å². The molecular weight excluding hydrogens is 226 g/mol. The molecule has 7 nitrogen and oxygen atoms in total. The molecule has 3 amide bonds. The van der Waals surface area contributed by atoms with Crippen molar-refractivity contribution in [2.75, 3.05) is 26.7 Å². The number of hydrogen-bond acceptors (Lipinski definition) is 5. The zero-order chi connectivity index (χ0) is 13.3. The number of nitrogens with two attached hydrogens (primary N) is 1. The Balaban J connectivity index is 3.85. The van der Waals surface area contributed by atoms with Crippen molar-refractivity contribution >= 4 is 17.9 Å². The predicted molar refractivity (Wildman–Crippen MR) is 61.1 cm³/mol. The lowest BCUT2D eigenvalue weighted by Gasteiger charge is -2.18. The lowest BCUT2D eigenvalue weighted by Crippen LogP contribution is -2.37. The molecule has 0 aliphatic heterocycles. The molecule has 0 fully saturated rings. The number of urea groups is 1. The van der Waals surface area contributed by atoms with Crippen LogP contribution < -0.4 is 11.1 Å². The standard InChI is InChI=1S/C10H19N3O4/c1-3-13(7-5-9(15)17-2)6-4-8(14)12-10(11)16/h3-7H2,1-2H3,(H3,11,12,14,16). The fourth-order valence-electron chi connectivity index (χ4n) is 1.24. The van der Waals surface area contributed by atoms with Crippen LogP contribution in [0.1, 0.15) is 19.8 Å². The third kappa shape index (κ3) is 8.21. The SMILES string of the molecule is CCN(CCC(=O)NC(N)=O)CCC(=O)OC. The smallest absolute Gasteiger partial charge is 0.318 e. The molecule has 7 heteroatoms. The summed E-state index contributed by atoms with van der Waals surface area (Å²) in [5.74, 6) is -0.709. The van der Waals surface area contributed by atoms with Crippen molar-refractivity contribution in [1.82, 2.24) is 10.2 Å². The lowest BCUT2D eigenvalue weighted by molar-refractivity contribution is -0.140. The Morgan fingerprint density at radius 2 is 1.82 bits per heavy atom. The maximum absolute atomic E-state index is 11.1. The number of nitrogens with zero attached hydrogens (tertiary/aromatic N) is 1. The van der Waals surface area contributed by atoms with Gasteiger partial charge in [-0.3, -0.25) is 14.9 Å². The molecule has 0 unspecified atom stereocenters. The highest BCUT2D eigenvalue weighted by Gasteiger charge is 2.10. The number of esters is 1. The summed E-state index contributed by atoms with van der Waals surface area (Å²) >= 11 is 0. The van der Waals surface area contributed by atoms with E-state index in [0.29, 0.717) is 19.6 Å². The molecule has 0 aromatic rings. The molecule has 0 heterocycles. The number of nitrogens with one attached hydrogen (secondary N) is 1. The number of carbonyl (C=O) groups excluding carboxylic acids is 3. The highest BCUT2D eigenvalue weighted by molar-refractivity contribution is 5.93. The maximum atomic E-state index is 11.1. The van der Waals surface area contributed by atoms with Gasteiger partial charge in [0.1, 0.15) is 0 Å². The summed E-state index contributed by atoms with van der Waals surface area (Å²) in [5.41, 5.74) is 4.80. The minimum atomic E-state index is -0.854. The zero-order valence-corrected chi connectivity index (χ0v) is 10.2. The molecule has 98 valence electrons. The average molecular weight is 245 g/mol. The molecular formula is C10H19N3O4. The van der Waals surface area contributed by atoms with Gasteiger partial charge in [0.2, 0.25) is 5.91 Å². The molecule has 0 saturated carbocycles. The third-order valence-electron chi connectivity index (χ3n) is 2.22. The summed E-state index contributed by atoms with van der Waals surface area (Å²) in [6.07, 6.45) is 0.444. The number of imide groups is 1. The van der Waals surface area contributed by atoms with Crippen LogP contribution in [0.3, 0.4) is 0 Å². The molecule has 0 saturated heterocycles. The van der Waals surface area contributed by atoms with Crippen LogP contribution in [0.25, 0.3) is 0 Å². The van der Waals surface area contributed by atoms with E-state index in [2.05, 4.69) is 4.74 Å². The minimum absolute atomic E-state index is 0.165. The monoisotopic (exact) mass is 245 g/mol. The number of ether oxygens (including phenoxy) is 1. The van der Waals surface area contributed by atoms with Gasteiger partial charge < -0.3 is 15.4 Å². The number of hydrogen-bond donors (Lipinski definition) is 2. The normalized spacial score (nSPS) is 10.1. The molecule has 0 aliphatic rings. The van der Waals surface area contributed by atoms with Crippen molar-refractivity contribution in [3.8, 4) is 0 Å². The fraction of sp³-hybridized carbons (Fsp3) is 0.700. The summed E-state index contributed by atoms with van der Waals surface area (Å²) in [5, 5.41) is 1.98. The van der Waals surface area contributed by atoms with Gasteiger partial charge in [0.25, 0.3) is 0 Å². The van der Waals surface area contributed by atoms with E-state index in [9.17, 15) is 14.4 Å².